The number of aliphatic hydroxyl groups excluding tert-OH is 2. The second kappa shape index (κ2) is 8.15. The maximum absolute atomic E-state index is 9.82. The Morgan fingerprint density at radius 3 is 2.42 bits per heavy atom. The van der Waals surface area contributed by atoms with E-state index in [1.54, 1.807) is 0 Å². The molecule has 0 bridgehead atoms. The van der Waals surface area contributed by atoms with Crippen molar-refractivity contribution in [2.24, 2.45) is 0 Å². The molecular weight excluding hydrogens is 242 g/mol. The largest absolute Gasteiger partial charge is 0.491 e. The molecule has 0 saturated heterocycles. The van der Waals surface area contributed by atoms with Gasteiger partial charge in [-0.25, -0.2) is 0 Å². The normalized spacial score (nSPS) is 14.2. The van der Waals surface area contributed by atoms with Crippen molar-refractivity contribution in [3.8, 4) is 5.75 Å². The third kappa shape index (κ3) is 6.57. The highest BCUT2D eigenvalue weighted by molar-refractivity contribution is 5.32. The van der Waals surface area contributed by atoms with Crippen molar-refractivity contribution in [2.45, 2.75) is 39.3 Å². The van der Waals surface area contributed by atoms with Gasteiger partial charge in [0.1, 0.15) is 18.5 Å². The van der Waals surface area contributed by atoms with Crippen LogP contribution in [0.15, 0.2) is 18.2 Å². The molecule has 4 nitrogen and oxygen atoms in total. The van der Waals surface area contributed by atoms with Gasteiger partial charge in [-0.1, -0.05) is 6.07 Å². The molecule has 0 radical (unpaired) electrons. The first-order valence-corrected chi connectivity index (χ1v) is 6.74. The molecule has 0 aromatic heterocycles. The average Bonchev–Trinajstić information content (AvgIpc) is 2.33. The Morgan fingerprint density at radius 1 is 1.21 bits per heavy atom. The molecule has 0 aliphatic heterocycles. The van der Waals surface area contributed by atoms with Crippen LogP contribution < -0.4 is 10.1 Å². The third-order valence-electron chi connectivity index (χ3n) is 2.90. The number of hydrogen-bond acceptors (Lipinski definition) is 4. The van der Waals surface area contributed by atoms with Gasteiger partial charge in [0.2, 0.25) is 0 Å². The van der Waals surface area contributed by atoms with Crippen LogP contribution in [0.4, 0.5) is 0 Å². The number of ether oxygens (including phenoxy) is 1. The number of aliphatic hydroxyl groups is 2. The van der Waals surface area contributed by atoms with E-state index in [0.717, 1.165) is 16.9 Å². The highest BCUT2D eigenvalue weighted by Gasteiger charge is 2.08. The van der Waals surface area contributed by atoms with Crippen molar-refractivity contribution in [3.63, 3.8) is 0 Å². The van der Waals surface area contributed by atoms with Crippen LogP contribution in [0.1, 0.15) is 24.5 Å². The third-order valence-corrected chi connectivity index (χ3v) is 2.90. The van der Waals surface area contributed by atoms with Gasteiger partial charge in [0, 0.05) is 19.2 Å². The average molecular weight is 267 g/mol. The van der Waals surface area contributed by atoms with E-state index in [0.29, 0.717) is 13.0 Å². The summed E-state index contributed by atoms with van der Waals surface area (Å²) < 4.78 is 5.58. The maximum Gasteiger partial charge on any atom is 0.119 e. The number of benzene rings is 1. The second-order valence-corrected chi connectivity index (χ2v) is 5.11. The number of hydrogen-bond donors (Lipinski definition) is 3. The van der Waals surface area contributed by atoms with Gasteiger partial charge in [-0.3, -0.25) is 0 Å². The summed E-state index contributed by atoms with van der Waals surface area (Å²) in [5.41, 5.74) is 2.30. The summed E-state index contributed by atoms with van der Waals surface area (Å²) in [5.74, 6) is 0.792. The predicted octanol–water partition coefficient (Wildman–Crippen LogP) is 1.40. The number of aryl methyl sites for hydroxylation is 2. The number of nitrogens with one attached hydrogen (secondary N) is 1. The zero-order valence-electron chi connectivity index (χ0n) is 12.0. The van der Waals surface area contributed by atoms with Crippen LogP contribution in [-0.4, -0.2) is 42.1 Å². The van der Waals surface area contributed by atoms with Crippen molar-refractivity contribution < 1.29 is 14.9 Å². The lowest BCUT2D eigenvalue weighted by Crippen LogP contribution is -2.37. The van der Waals surface area contributed by atoms with Gasteiger partial charge in [0.05, 0.1) is 0 Å². The molecular formula is C15H25NO3. The summed E-state index contributed by atoms with van der Waals surface area (Å²) in [4.78, 5) is 0. The quantitative estimate of drug-likeness (QED) is 0.666. The summed E-state index contributed by atoms with van der Waals surface area (Å²) in [7, 11) is 0. The Kier molecular flexibility index (Phi) is 6.84. The van der Waals surface area contributed by atoms with Gasteiger partial charge in [-0.05, 0) is 50.5 Å². The fraction of sp³-hybridized carbons (Fsp3) is 0.600. The van der Waals surface area contributed by atoms with E-state index in [4.69, 9.17) is 9.84 Å². The topological polar surface area (TPSA) is 61.7 Å². The Hall–Kier alpha value is -1.10. The van der Waals surface area contributed by atoms with E-state index in [9.17, 15) is 5.11 Å². The van der Waals surface area contributed by atoms with E-state index in [-0.39, 0.29) is 19.3 Å². The van der Waals surface area contributed by atoms with Crippen LogP contribution in [0.5, 0.6) is 5.75 Å². The van der Waals surface area contributed by atoms with Crippen molar-refractivity contribution in [2.75, 3.05) is 19.8 Å². The SMILES string of the molecule is Cc1cc(C)cc(OCC(O)CNC(C)CCO)c1. The summed E-state index contributed by atoms with van der Waals surface area (Å²) >= 11 is 0. The molecule has 0 fully saturated rings. The lowest BCUT2D eigenvalue weighted by atomic mass is 10.1. The highest BCUT2D eigenvalue weighted by atomic mass is 16.5. The molecule has 1 rings (SSSR count). The first kappa shape index (κ1) is 16.0. The van der Waals surface area contributed by atoms with Crippen molar-refractivity contribution in [3.05, 3.63) is 29.3 Å². The minimum atomic E-state index is -0.554. The van der Waals surface area contributed by atoms with Crippen molar-refractivity contribution in [1.29, 1.82) is 0 Å². The molecule has 3 N–H and O–H groups in total. The Balaban J connectivity index is 2.31. The smallest absolute Gasteiger partial charge is 0.119 e. The summed E-state index contributed by atoms with van der Waals surface area (Å²) in [5, 5.41) is 21.7. The molecule has 0 aliphatic carbocycles. The molecule has 4 heteroatoms. The molecule has 1 aromatic carbocycles. The lowest BCUT2D eigenvalue weighted by Gasteiger charge is -2.17. The fourth-order valence-electron chi connectivity index (χ4n) is 1.90. The van der Waals surface area contributed by atoms with Gasteiger partial charge in [-0.2, -0.15) is 0 Å². The molecule has 0 aliphatic rings. The van der Waals surface area contributed by atoms with Crippen LogP contribution >= 0.6 is 0 Å². The lowest BCUT2D eigenvalue weighted by molar-refractivity contribution is 0.103. The summed E-state index contributed by atoms with van der Waals surface area (Å²) in [6.45, 7) is 6.91. The highest BCUT2D eigenvalue weighted by Crippen LogP contribution is 2.16. The van der Waals surface area contributed by atoms with Gasteiger partial charge in [0.15, 0.2) is 0 Å². The van der Waals surface area contributed by atoms with Crippen LogP contribution in [-0.2, 0) is 0 Å². The fourth-order valence-corrected chi connectivity index (χ4v) is 1.90. The molecule has 108 valence electrons. The van der Waals surface area contributed by atoms with Crippen LogP contribution in [0.25, 0.3) is 0 Å². The molecule has 1 aromatic rings. The van der Waals surface area contributed by atoms with Gasteiger partial charge >= 0.3 is 0 Å². The Morgan fingerprint density at radius 2 is 1.84 bits per heavy atom. The molecule has 0 heterocycles. The van der Waals surface area contributed by atoms with E-state index in [1.165, 1.54) is 0 Å². The van der Waals surface area contributed by atoms with Gasteiger partial charge < -0.3 is 20.3 Å². The zero-order chi connectivity index (χ0) is 14.3. The first-order valence-electron chi connectivity index (χ1n) is 6.74. The van der Waals surface area contributed by atoms with Crippen LogP contribution in [0, 0.1) is 13.8 Å². The minimum absolute atomic E-state index is 0.156. The van der Waals surface area contributed by atoms with E-state index < -0.39 is 6.10 Å². The molecule has 0 spiro atoms. The van der Waals surface area contributed by atoms with E-state index >= 15 is 0 Å². The number of rotatable bonds is 8. The molecule has 19 heavy (non-hydrogen) atoms. The van der Waals surface area contributed by atoms with Crippen LogP contribution in [0.2, 0.25) is 0 Å². The second-order valence-electron chi connectivity index (χ2n) is 5.11. The molecule has 2 unspecified atom stereocenters. The first-order chi connectivity index (χ1) is 9.01. The predicted molar refractivity (Wildman–Crippen MR) is 76.6 cm³/mol. The van der Waals surface area contributed by atoms with Crippen molar-refractivity contribution >= 4 is 0 Å². The molecule has 2 atom stereocenters. The maximum atomic E-state index is 9.82. The summed E-state index contributed by atoms with van der Waals surface area (Å²) in [6, 6.07) is 6.20. The molecule has 0 saturated carbocycles. The Bertz CT molecular complexity index is 361. The monoisotopic (exact) mass is 267 g/mol. The minimum Gasteiger partial charge on any atom is -0.491 e. The van der Waals surface area contributed by atoms with E-state index in [2.05, 4.69) is 11.4 Å². The van der Waals surface area contributed by atoms with E-state index in [1.807, 2.05) is 32.9 Å². The van der Waals surface area contributed by atoms with Crippen LogP contribution in [0.3, 0.4) is 0 Å². The summed E-state index contributed by atoms with van der Waals surface area (Å²) in [6.07, 6.45) is 0.131. The van der Waals surface area contributed by atoms with Gasteiger partial charge in [-0.15, -0.1) is 0 Å². The standard InChI is InChI=1S/C15H25NO3/c1-11-6-12(2)8-15(7-11)19-10-14(18)9-16-13(3)4-5-17/h6-8,13-14,16-18H,4-5,9-10H2,1-3H3. The molecule has 0 amide bonds. The van der Waals surface area contributed by atoms with Crippen molar-refractivity contribution in [1.82, 2.24) is 5.32 Å². The van der Waals surface area contributed by atoms with Gasteiger partial charge in [0.25, 0.3) is 0 Å². The zero-order valence-corrected chi connectivity index (χ0v) is 12.0. The Labute approximate surface area is 115 Å².